The maximum Gasteiger partial charge on any atom is 0.337 e. The van der Waals surface area contributed by atoms with E-state index in [2.05, 4.69) is 4.98 Å². The number of fused-ring (bicyclic) bond motifs is 1. The summed E-state index contributed by atoms with van der Waals surface area (Å²) in [6.45, 7) is 1.68. The number of hydrogen-bond acceptors (Lipinski definition) is 2. The predicted molar refractivity (Wildman–Crippen MR) is 72.7 cm³/mol. The highest BCUT2D eigenvalue weighted by atomic mass is 19.1. The van der Waals surface area contributed by atoms with Crippen molar-refractivity contribution in [3.63, 3.8) is 0 Å². The summed E-state index contributed by atoms with van der Waals surface area (Å²) in [5.41, 5.74) is 2.31. The van der Waals surface area contributed by atoms with Crippen LogP contribution < -0.4 is 0 Å². The topological polar surface area (TPSA) is 55.1 Å². The first-order valence-corrected chi connectivity index (χ1v) is 6.04. The van der Waals surface area contributed by atoms with Crippen molar-refractivity contribution in [1.29, 1.82) is 0 Å². The summed E-state index contributed by atoms with van der Waals surface area (Å²) in [7, 11) is 0. The van der Waals surface area contributed by atoms with Gasteiger partial charge in [-0.05, 0) is 31.2 Å². The Hall–Kier alpha value is -2.69. The quantitative estimate of drug-likeness (QED) is 0.778. The number of aromatic carboxylic acids is 1. The van der Waals surface area contributed by atoms with Crippen LogP contribution in [0.2, 0.25) is 0 Å². The second-order valence-corrected chi connectivity index (χ2v) is 4.48. The third-order valence-corrected chi connectivity index (χ3v) is 3.31. The number of halogens is 1. The second-order valence-electron chi connectivity index (χ2n) is 4.48. The van der Waals surface area contributed by atoms with Crippen LogP contribution >= 0.6 is 0 Å². The number of carbonyl (C=O) groups is 1. The van der Waals surface area contributed by atoms with Crippen LogP contribution in [0, 0.1) is 12.7 Å². The van der Waals surface area contributed by atoms with E-state index in [-0.39, 0.29) is 11.4 Å². The molecule has 0 aliphatic carbocycles. The highest BCUT2D eigenvalue weighted by Crippen LogP contribution is 2.24. The third kappa shape index (κ3) is 1.75. The Kier molecular flexibility index (Phi) is 2.75. The van der Waals surface area contributed by atoms with E-state index in [1.54, 1.807) is 35.8 Å². The van der Waals surface area contributed by atoms with E-state index >= 15 is 0 Å². The molecule has 0 atom stereocenters. The van der Waals surface area contributed by atoms with Gasteiger partial charge in [-0.1, -0.05) is 12.1 Å². The number of carboxylic acid groups (broad SMARTS) is 1. The normalized spacial score (nSPS) is 10.9. The summed E-state index contributed by atoms with van der Waals surface area (Å²) >= 11 is 0. The second kappa shape index (κ2) is 4.45. The number of nitrogens with zero attached hydrogens (tertiary/aromatic N) is 2. The van der Waals surface area contributed by atoms with E-state index in [0.717, 1.165) is 0 Å². The lowest BCUT2D eigenvalue weighted by Gasteiger charge is -2.08. The molecule has 0 bridgehead atoms. The van der Waals surface area contributed by atoms with Crippen LogP contribution in [0.3, 0.4) is 0 Å². The van der Waals surface area contributed by atoms with Gasteiger partial charge in [0.05, 0.1) is 16.8 Å². The fourth-order valence-electron chi connectivity index (χ4n) is 2.26. The van der Waals surface area contributed by atoms with Gasteiger partial charge >= 0.3 is 5.97 Å². The molecule has 0 amide bonds. The Balaban J connectivity index is 2.31. The third-order valence-electron chi connectivity index (χ3n) is 3.31. The molecular weight excluding hydrogens is 259 g/mol. The number of aromatic nitrogens is 2. The molecule has 100 valence electrons. The molecule has 1 N–H and O–H groups in total. The van der Waals surface area contributed by atoms with E-state index in [4.69, 9.17) is 5.11 Å². The van der Waals surface area contributed by atoms with Crippen LogP contribution in [0.25, 0.3) is 16.7 Å². The van der Waals surface area contributed by atoms with Crippen molar-refractivity contribution in [2.45, 2.75) is 6.92 Å². The Morgan fingerprint density at radius 3 is 2.75 bits per heavy atom. The molecular formula is C15H11FN2O2. The lowest BCUT2D eigenvalue weighted by Crippen LogP contribution is -1.99. The average molecular weight is 270 g/mol. The molecule has 20 heavy (non-hydrogen) atoms. The number of hydrogen-bond donors (Lipinski definition) is 1. The lowest BCUT2D eigenvalue weighted by molar-refractivity contribution is 0.0699. The molecule has 0 saturated heterocycles. The van der Waals surface area contributed by atoms with Crippen LogP contribution in [-0.4, -0.2) is 20.6 Å². The lowest BCUT2D eigenvalue weighted by atomic mass is 10.1. The SMILES string of the molecule is Cc1c(F)cccc1-n1cnc2c(C(=O)O)cccc21. The summed E-state index contributed by atoms with van der Waals surface area (Å²) in [5.74, 6) is -1.34. The summed E-state index contributed by atoms with van der Waals surface area (Å²) in [5, 5.41) is 9.15. The zero-order valence-corrected chi connectivity index (χ0v) is 10.7. The first-order valence-electron chi connectivity index (χ1n) is 6.04. The Labute approximate surface area is 114 Å². The van der Waals surface area contributed by atoms with Gasteiger partial charge in [0.15, 0.2) is 0 Å². The maximum absolute atomic E-state index is 13.7. The molecule has 0 unspecified atom stereocenters. The van der Waals surface area contributed by atoms with Crippen LogP contribution in [0.5, 0.6) is 0 Å². The van der Waals surface area contributed by atoms with Gasteiger partial charge in [0, 0.05) is 5.56 Å². The first-order chi connectivity index (χ1) is 9.59. The van der Waals surface area contributed by atoms with Crippen molar-refractivity contribution in [3.05, 3.63) is 59.7 Å². The standard InChI is InChI=1S/C15H11FN2O2/c1-9-11(16)5-3-6-12(9)18-8-17-14-10(15(19)20)4-2-7-13(14)18/h2-8H,1H3,(H,19,20). The molecule has 0 radical (unpaired) electrons. The maximum atomic E-state index is 13.7. The van der Waals surface area contributed by atoms with Crippen LogP contribution in [0.1, 0.15) is 15.9 Å². The zero-order chi connectivity index (χ0) is 14.3. The molecule has 0 spiro atoms. The summed E-state index contributed by atoms with van der Waals surface area (Å²) < 4.78 is 15.3. The minimum absolute atomic E-state index is 0.135. The summed E-state index contributed by atoms with van der Waals surface area (Å²) in [6, 6.07) is 9.69. The molecule has 3 aromatic rings. The minimum atomic E-state index is -1.03. The van der Waals surface area contributed by atoms with Gasteiger partial charge in [-0.2, -0.15) is 0 Å². The van der Waals surface area contributed by atoms with Crippen molar-refractivity contribution >= 4 is 17.0 Å². The highest BCUT2D eigenvalue weighted by molar-refractivity contribution is 6.01. The van der Waals surface area contributed by atoms with Crippen molar-refractivity contribution < 1.29 is 14.3 Å². The number of imidazole rings is 1. The smallest absolute Gasteiger partial charge is 0.337 e. The van der Waals surface area contributed by atoms with Gasteiger partial charge in [0.1, 0.15) is 17.7 Å². The van der Waals surface area contributed by atoms with Crippen molar-refractivity contribution in [2.24, 2.45) is 0 Å². The average Bonchev–Trinajstić information content (AvgIpc) is 2.85. The molecule has 0 fully saturated rings. The summed E-state index contributed by atoms with van der Waals surface area (Å²) in [6.07, 6.45) is 1.51. The van der Waals surface area contributed by atoms with Crippen LogP contribution in [0.15, 0.2) is 42.7 Å². The van der Waals surface area contributed by atoms with Crippen molar-refractivity contribution in [2.75, 3.05) is 0 Å². The van der Waals surface area contributed by atoms with Gasteiger partial charge in [0.25, 0.3) is 0 Å². The summed E-state index contributed by atoms with van der Waals surface area (Å²) in [4.78, 5) is 15.3. The molecule has 1 heterocycles. The number of para-hydroxylation sites is 1. The monoisotopic (exact) mass is 270 g/mol. The van der Waals surface area contributed by atoms with Gasteiger partial charge in [0.2, 0.25) is 0 Å². The van der Waals surface area contributed by atoms with E-state index in [9.17, 15) is 9.18 Å². The van der Waals surface area contributed by atoms with E-state index in [1.807, 2.05) is 0 Å². The van der Waals surface area contributed by atoms with Gasteiger partial charge in [-0.3, -0.25) is 4.57 Å². The molecule has 5 heteroatoms. The Bertz CT molecular complexity index is 824. The minimum Gasteiger partial charge on any atom is -0.478 e. The molecule has 2 aromatic carbocycles. The zero-order valence-electron chi connectivity index (χ0n) is 10.7. The molecule has 0 aliphatic heterocycles. The fraction of sp³-hybridized carbons (Fsp3) is 0.0667. The highest BCUT2D eigenvalue weighted by Gasteiger charge is 2.14. The van der Waals surface area contributed by atoms with Gasteiger partial charge in [-0.15, -0.1) is 0 Å². The van der Waals surface area contributed by atoms with Crippen LogP contribution in [-0.2, 0) is 0 Å². The van der Waals surface area contributed by atoms with Gasteiger partial charge in [-0.25, -0.2) is 14.2 Å². The Morgan fingerprint density at radius 2 is 2.00 bits per heavy atom. The van der Waals surface area contributed by atoms with Gasteiger partial charge < -0.3 is 5.11 Å². The number of benzene rings is 2. The largest absolute Gasteiger partial charge is 0.478 e. The number of rotatable bonds is 2. The molecule has 4 nitrogen and oxygen atoms in total. The first kappa shape index (κ1) is 12.3. The van der Waals surface area contributed by atoms with E-state index in [0.29, 0.717) is 22.3 Å². The van der Waals surface area contributed by atoms with Crippen molar-refractivity contribution in [1.82, 2.24) is 9.55 Å². The van der Waals surface area contributed by atoms with Crippen molar-refractivity contribution in [3.8, 4) is 5.69 Å². The molecule has 0 saturated carbocycles. The molecule has 0 aliphatic rings. The van der Waals surface area contributed by atoms with E-state index < -0.39 is 5.97 Å². The fourth-order valence-corrected chi connectivity index (χ4v) is 2.26. The number of carboxylic acids is 1. The van der Waals surface area contributed by atoms with Crippen LogP contribution in [0.4, 0.5) is 4.39 Å². The van der Waals surface area contributed by atoms with E-state index in [1.165, 1.54) is 18.5 Å². The predicted octanol–water partition coefficient (Wildman–Crippen LogP) is 3.17. The Morgan fingerprint density at radius 1 is 1.25 bits per heavy atom. The molecule has 1 aromatic heterocycles. The molecule has 3 rings (SSSR count).